The van der Waals surface area contributed by atoms with Crippen LogP contribution in [-0.2, 0) is 0 Å². The van der Waals surface area contributed by atoms with Crippen molar-refractivity contribution >= 4 is 10.9 Å². The molecule has 0 aliphatic rings. The Bertz CT molecular complexity index is 531. The van der Waals surface area contributed by atoms with Crippen LogP contribution in [0.1, 0.15) is 20.8 Å². The summed E-state index contributed by atoms with van der Waals surface area (Å²) in [4.78, 5) is 4.33. The number of benzene rings is 1. The highest BCUT2D eigenvalue weighted by molar-refractivity contribution is 5.79. The molecular weight excluding hydrogens is 224 g/mol. The standard InChI is InChI=1S/C15H20N2O/c1-15(2,3)14(10-16)18-12-7-6-11-5-4-8-17-13(11)9-12/h4-9,14H,10,16H2,1-3H3. The van der Waals surface area contributed by atoms with E-state index in [-0.39, 0.29) is 11.5 Å². The summed E-state index contributed by atoms with van der Waals surface area (Å²) in [6, 6.07) is 9.92. The average Bonchev–Trinajstić information content (AvgIpc) is 2.34. The van der Waals surface area contributed by atoms with Crippen molar-refractivity contribution in [3.63, 3.8) is 0 Å². The van der Waals surface area contributed by atoms with E-state index in [0.717, 1.165) is 16.7 Å². The van der Waals surface area contributed by atoms with Gasteiger partial charge in [-0.2, -0.15) is 0 Å². The summed E-state index contributed by atoms with van der Waals surface area (Å²) in [5.41, 5.74) is 6.74. The minimum absolute atomic E-state index is 0.00124. The summed E-state index contributed by atoms with van der Waals surface area (Å²) in [6.07, 6.45) is 1.79. The van der Waals surface area contributed by atoms with E-state index in [1.807, 2.05) is 30.3 Å². The second kappa shape index (κ2) is 4.94. The lowest BCUT2D eigenvalue weighted by Crippen LogP contribution is -2.38. The topological polar surface area (TPSA) is 48.1 Å². The normalized spacial score (nSPS) is 13.6. The smallest absolute Gasteiger partial charge is 0.122 e. The third-order valence-corrected chi connectivity index (χ3v) is 3.04. The van der Waals surface area contributed by atoms with E-state index in [4.69, 9.17) is 10.5 Å². The Balaban J connectivity index is 2.26. The third-order valence-electron chi connectivity index (χ3n) is 3.04. The van der Waals surface area contributed by atoms with Crippen LogP contribution < -0.4 is 10.5 Å². The van der Waals surface area contributed by atoms with Gasteiger partial charge in [0.1, 0.15) is 11.9 Å². The van der Waals surface area contributed by atoms with Gasteiger partial charge in [0.2, 0.25) is 0 Å². The van der Waals surface area contributed by atoms with Gasteiger partial charge < -0.3 is 10.5 Å². The number of nitrogens with zero attached hydrogens (tertiary/aromatic N) is 1. The van der Waals surface area contributed by atoms with Crippen molar-refractivity contribution in [1.82, 2.24) is 4.98 Å². The maximum absolute atomic E-state index is 5.97. The number of ether oxygens (including phenoxy) is 1. The van der Waals surface area contributed by atoms with Crippen molar-refractivity contribution in [2.24, 2.45) is 11.1 Å². The predicted octanol–water partition coefficient (Wildman–Crippen LogP) is 2.99. The first-order chi connectivity index (χ1) is 8.50. The van der Waals surface area contributed by atoms with Gasteiger partial charge in [-0.3, -0.25) is 4.98 Å². The van der Waals surface area contributed by atoms with Crippen LogP contribution in [0.3, 0.4) is 0 Å². The van der Waals surface area contributed by atoms with E-state index in [1.54, 1.807) is 6.20 Å². The zero-order chi connectivity index (χ0) is 13.2. The number of hydrogen-bond acceptors (Lipinski definition) is 3. The number of hydrogen-bond donors (Lipinski definition) is 1. The quantitative estimate of drug-likeness (QED) is 0.903. The SMILES string of the molecule is CC(C)(C)C(CN)Oc1ccc2cccnc2c1. The summed E-state index contributed by atoms with van der Waals surface area (Å²) in [5, 5.41) is 1.12. The van der Waals surface area contributed by atoms with E-state index < -0.39 is 0 Å². The molecule has 1 heterocycles. The Morgan fingerprint density at radius 2 is 2.06 bits per heavy atom. The molecule has 0 aliphatic carbocycles. The van der Waals surface area contributed by atoms with E-state index in [1.165, 1.54) is 0 Å². The van der Waals surface area contributed by atoms with Gasteiger partial charge in [0.25, 0.3) is 0 Å². The summed E-state index contributed by atoms with van der Waals surface area (Å²) >= 11 is 0. The predicted molar refractivity (Wildman–Crippen MR) is 74.7 cm³/mol. The molecule has 1 atom stereocenters. The van der Waals surface area contributed by atoms with Crippen LogP contribution in [0.15, 0.2) is 36.5 Å². The highest BCUT2D eigenvalue weighted by Gasteiger charge is 2.25. The fourth-order valence-electron chi connectivity index (χ4n) is 1.86. The second-order valence-electron chi connectivity index (χ2n) is 5.57. The van der Waals surface area contributed by atoms with Crippen molar-refractivity contribution < 1.29 is 4.74 Å². The maximum Gasteiger partial charge on any atom is 0.122 e. The molecular formula is C15H20N2O. The van der Waals surface area contributed by atoms with Crippen LogP contribution >= 0.6 is 0 Å². The highest BCUT2D eigenvalue weighted by atomic mass is 16.5. The van der Waals surface area contributed by atoms with Crippen LogP contribution in [0.2, 0.25) is 0 Å². The fraction of sp³-hybridized carbons (Fsp3) is 0.400. The summed E-state index contributed by atoms with van der Waals surface area (Å²) in [5.74, 6) is 0.826. The van der Waals surface area contributed by atoms with Crippen molar-refractivity contribution in [2.75, 3.05) is 6.54 Å². The molecule has 1 aromatic carbocycles. The molecule has 0 spiro atoms. The molecule has 1 aromatic heterocycles. The van der Waals surface area contributed by atoms with Crippen LogP contribution in [0.5, 0.6) is 5.75 Å². The van der Waals surface area contributed by atoms with Gasteiger partial charge in [0, 0.05) is 29.6 Å². The zero-order valence-corrected chi connectivity index (χ0v) is 11.2. The first-order valence-corrected chi connectivity index (χ1v) is 6.22. The zero-order valence-electron chi connectivity index (χ0n) is 11.2. The lowest BCUT2D eigenvalue weighted by Gasteiger charge is -2.30. The molecule has 0 radical (unpaired) electrons. The van der Waals surface area contributed by atoms with Crippen LogP contribution in [-0.4, -0.2) is 17.6 Å². The maximum atomic E-state index is 5.97. The fourth-order valence-corrected chi connectivity index (χ4v) is 1.86. The Morgan fingerprint density at radius 3 is 2.72 bits per heavy atom. The lowest BCUT2D eigenvalue weighted by molar-refractivity contribution is 0.0943. The van der Waals surface area contributed by atoms with E-state index in [9.17, 15) is 0 Å². The molecule has 0 saturated carbocycles. The van der Waals surface area contributed by atoms with Gasteiger partial charge >= 0.3 is 0 Å². The summed E-state index contributed by atoms with van der Waals surface area (Å²) in [6.45, 7) is 6.89. The number of rotatable bonds is 3. The molecule has 0 amide bonds. The molecule has 1 unspecified atom stereocenters. The van der Waals surface area contributed by atoms with Crippen molar-refractivity contribution in [1.29, 1.82) is 0 Å². The Hall–Kier alpha value is -1.61. The van der Waals surface area contributed by atoms with Gasteiger partial charge in [0.05, 0.1) is 5.52 Å². The van der Waals surface area contributed by atoms with Gasteiger partial charge in [-0.15, -0.1) is 0 Å². The lowest BCUT2D eigenvalue weighted by atomic mass is 9.89. The first-order valence-electron chi connectivity index (χ1n) is 6.22. The first kappa shape index (κ1) is 12.8. The summed E-state index contributed by atoms with van der Waals surface area (Å²) < 4.78 is 5.97. The van der Waals surface area contributed by atoms with Crippen LogP contribution in [0.25, 0.3) is 10.9 Å². The Kier molecular flexibility index (Phi) is 3.53. The average molecular weight is 244 g/mol. The molecule has 0 bridgehead atoms. The van der Waals surface area contributed by atoms with E-state index in [2.05, 4.69) is 25.8 Å². The van der Waals surface area contributed by atoms with Crippen molar-refractivity contribution in [3.8, 4) is 5.75 Å². The monoisotopic (exact) mass is 244 g/mol. The largest absolute Gasteiger partial charge is 0.488 e. The molecule has 3 heteroatoms. The van der Waals surface area contributed by atoms with Gasteiger partial charge in [-0.25, -0.2) is 0 Å². The van der Waals surface area contributed by atoms with Crippen molar-refractivity contribution in [2.45, 2.75) is 26.9 Å². The molecule has 18 heavy (non-hydrogen) atoms. The van der Waals surface area contributed by atoms with E-state index in [0.29, 0.717) is 6.54 Å². The molecule has 3 nitrogen and oxygen atoms in total. The van der Waals surface area contributed by atoms with Crippen molar-refractivity contribution in [3.05, 3.63) is 36.5 Å². The molecule has 0 saturated heterocycles. The minimum atomic E-state index is -0.00124. The minimum Gasteiger partial charge on any atom is -0.488 e. The molecule has 0 fully saturated rings. The highest BCUT2D eigenvalue weighted by Crippen LogP contribution is 2.26. The van der Waals surface area contributed by atoms with Gasteiger partial charge in [-0.1, -0.05) is 26.8 Å². The number of nitrogens with two attached hydrogens (primary N) is 1. The summed E-state index contributed by atoms with van der Waals surface area (Å²) in [7, 11) is 0. The third kappa shape index (κ3) is 2.79. The molecule has 2 N–H and O–H groups in total. The Morgan fingerprint density at radius 1 is 1.28 bits per heavy atom. The number of fused-ring (bicyclic) bond motifs is 1. The van der Waals surface area contributed by atoms with E-state index >= 15 is 0 Å². The number of aromatic nitrogens is 1. The van der Waals surface area contributed by atoms with Gasteiger partial charge in [-0.05, 0) is 18.2 Å². The number of pyridine rings is 1. The van der Waals surface area contributed by atoms with Crippen LogP contribution in [0.4, 0.5) is 0 Å². The Labute approximate surface area is 108 Å². The second-order valence-corrected chi connectivity index (χ2v) is 5.57. The van der Waals surface area contributed by atoms with Gasteiger partial charge in [0.15, 0.2) is 0 Å². The molecule has 0 aliphatic heterocycles. The molecule has 2 aromatic rings. The molecule has 2 rings (SSSR count). The molecule has 96 valence electrons. The van der Waals surface area contributed by atoms with Crippen LogP contribution in [0, 0.1) is 5.41 Å².